The number of nitrogens with zero attached hydrogens (tertiary/aromatic N) is 2. The minimum Gasteiger partial charge on any atom is -0.452 e. The zero-order valence-electron chi connectivity index (χ0n) is 17.7. The molecule has 0 spiro atoms. The van der Waals surface area contributed by atoms with Crippen molar-refractivity contribution in [3.63, 3.8) is 0 Å². The molecule has 9 heteroatoms. The van der Waals surface area contributed by atoms with Crippen LogP contribution in [-0.2, 0) is 24.3 Å². The first-order valence-corrected chi connectivity index (χ1v) is 11.2. The molecule has 0 aromatic heterocycles. The van der Waals surface area contributed by atoms with Gasteiger partial charge in [0.15, 0.2) is 6.61 Å². The fraction of sp³-hybridized carbons (Fsp3) is 0.600. The third kappa shape index (κ3) is 5.55. The zero-order chi connectivity index (χ0) is 21.8. The quantitative estimate of drug-likeness (QED) is 0.618. The third-order valence-corrected chi connectivity index (χ3v) is 6.78. The molecular formula is C20H30N2O6S. The summed E-state index contributed by atoms with van der Waals surface area (Å²) in [5.74, 6) is -1.03. The Bertz CT molecular complexity index is 837. The van der Waals surface area contributed by atoms with Gasteiger partial charge in [0.05, 0.1) is 23.7 Å². The first-order chi connectivity index (χ1) is 13.6. The molecule has 0 radical (unpaired) electrons. The van der Waals surface area contributed by atoms with Crippen LogP contribution in [0.5, 0.6) is 0 Å². The van der Waals surface area contributed by atoms with Crippen molar-refractivity contribution in [1.82, 2.24) is 9.21 Å². The Morgan fingerprint density at radius 3 is 2.28 bits per heavy atom. The van der Waals surface area contributed by atoms with Crippen molar-refractivity contribution in [2.75, 3.05) is 32.9 Å². The predicted octanol–water partition coefficient (Wildman–Crippen LogP) is 1.82. The van der Waals surface area contributed by atoms with Crippen LogP contribution in [0.25, 0.3) is 0 Å². The fourth-order valence-electron chi connectivity index (χ4n) is 3.39. The maximum atomic E-state index is 12.9. The SMILES string of the molecule is Cc1ccc(C(=O)OCC(=O)N(C(C)C)C(C)C)cc1S(=O)(=O)N1CCOCC1. The van der Waals surface area contributed by atoms with Crippen molar-refractivity contribution in [1.29, 1.82) is 0 Å². The highest BCUT2D eigenvalue weighted by Crippen LogP contribution is 2.22. The molecule has 1 aliphatic rings. The van der Waals surface area contributed by atoms with Gasteiger partial charge in [-0.3, -0.25) is 4.79 Å². The Hall–Kier alpha value is -1.97. The van der Waals surface area contributed by atoms with Gasteiger partial charge in [0.25, 0.3) is 5.91 Å². The molecule has 1 amide bonds. The van der Waals surface area contributed by atoms with Gasteiger partial charge in [0.2, 0.25) is 10.0 Å². The second kappa shape index (κ2) is 9.69. The molecule has 0 saturated carbocycles. The molecule has 0 N–H and O–H groups in total. The molecule has 1 saturated heterocycles. The predicted molar refractivity (Wildman–Crippen MR) is 108 cm³/mol. The average molecular weight is 427 g/mol. The van der Waals surface area contributed by atoms with Crippen molar-refractivity contribution in [3.8, 4) is 0 Å². The molecule has 2 rings (SSSR count). The lowest BCUT2D eigenvalue weighted by atomic mass is 10.1. The molecule has 29 heavy (non-hydrogen) atoms. The minimum atomic E-state index is -3.75. The van der Waals surface area contributed by atoms with Crippen LogP contribution in [0.3, 0.4) is 0 Å². The third-order valence-electron chi connectivity index (χ3n) is 4.74. The number of hydrogen-bond acceptors (Lipinski definition) is 6. The van der Waals surface area contributed by atoms with Gasteiger partial charge in [-0.1, -0.05) is 6.07 Å². The van der Waals surface area contributed by atoms with E-state index in [-0.39, 0.29) is 41.5 Å². The van der Waals surface area contributed by atoms with Crippen LogP contribution in [-0.4, -0.2) is 74.5 Å². The Labute approximate surface area is 172 Å². The van der Waals surface area contributed by atoms with E-state index in [2.05, 4.69) is 0 Å². The molecular weight excluding hydrogens is 396 g/mol. The summed E-state index contributed by atoms with van der Waals surface area (Å²) in [6, 6.07) is 4.34. The van der Waals surface area contributed by atoms with Gasteiger partial charge in [-0.2, -0.15) is 4.31 Å². The summed E-state index contributed by atoms with van der Waals surface area (Å²) in [6.07, 6.45) is 0. The number of carbonyl (C=O) groups excluding carboxylic acids is 2. The van der Waals surface area contributed by atoms with E-state index < -0.39 is 22.6 Å². The molecule has 1 aromatic carbocycles. The monoisotopic (exact) mass is 426 g/mol. The summed E-state index contributed by atoms with van der Waals surface area (Å²) in [5.41, 5.74) is 0.630. The van der Waals surface area contributed by atoms with Crippen LogP contribution < -0.4 is 0 Å². The molecule has 0 aliphatic carbocycles. The Morgan fingerprint density at radius 1 is 1.14 bits per heavy atom. The van der Waals surface area contributed by atoms with E-state index in [0.717, 1.165) is 0 Å². The summed E-state index contributed by atoms with van der Waals surface area (Å²) < 4.78 is 37.6. The van der Waals surface area contributed by atoms with E-state index in [1.165, 1.54) is 16.4 Å². The van der Waals surface area contributed by atoms with Crippen LogP contribution >= 0.6 is 0 Å². The van der Waals surface area contributed by atoms with Crippen molar-refractivity contribution in [3.05, 3.63) is 29.3 Å². The largest absolute Gasteiger partial charge is 0.452 e. The minimum absolute atomic E-state index is 0.0224. The molecule has 0 bridgehead atoms. The normalized spacial score (nSPS) is 15.6. The number of carbonyl (C=O) groups is 2. The van der Waals surface area contributed by atoms with Gasteiger partial charge in [-0.25, -0.2) is 13.2 Å². The van der Waals surface area contributed by atoms with Gasteiger partial charge < -0.3 is 14.4 Å². The Kier molecular flexibility index (Phi) is 7.79. The van der Waals surface area contributed by atoms with Crippen LogP contribution in [0.4, 0.5) is 0 Å². The number of morpholine rings is 1. The van der Waals surface area contributed by atoms with E-state index in [9.17, 15) is 18.0 Å². The second-order valence-corrected chi connectivity index (χ2v) is 9.47. The lowest BCUT2D eigenvalue weighted by Gasteiger charge is -2.30. The molecule has 8 nitrogen and oxygen atoms in total. The van der Waals surface area contributed by atoms with Crippen molar-refractivity contribution >= 4 is 21.9 Å². The Balaban J connectivity index is 2.16. The number of benzene rings is 1. The smallest absolute Gasteiger partial charge is 0.338 e. The second-order valence-electron chi connectivity index (χ2n) is 7.56. The molecule has 0 unspecified atom stereocenters. The molecule has 1 aliphatic heterocycles. The van der Waals surface area contributed by atoms with Crippen molar-refractivity contribution in [2.45, 2.75) is 51.6 Å². The van der Waals surface area contributed by atoms with E-state index in [0.29, 0.717) is 18.8 Å². The van der Waals surface area contributed by atoms with Gasteiger partial charge in [0.1, 0.15) is 0 Å². The van der Waals surface area contributed by atoms with Crippen molar-refractivity contribution < 1.29 is 27.5 Å². The van der Waals surface area contributed by atoms with Crippen LogP contribution in [0.1, 0.15) is 43.6 Å². The first-order valence-electron chi connectivity index (χ1n) is 9.72. The summed E-state index contributed by atoms with van der Waals surface area (Å²) in [5, 5.41) is 0. The summed E-state index contributed by atoms with van der Waals surface area (Å²) in [6.45, 7) is 10.1. The van der Waals surface area contributed by atoms with E-state index in [1.807, 2.05) is 27.7 Å². The number of amides is 1. The molecule has 1 aromatic rings. The topological polar surface area (TPSA) is 93.2 Å². The van der Waals surface area contributed by atoms with Gasteiger partial charge in [0, 0.05) is 25.2 Å². The van der Waals surface area contributed by atoms with E-state index >= 15 is 0 Å². The van der Waals surface area contributed by atoms with Crippen molar-refractivity contribution in [2.24, 2.45) is 0 Å². The molecule has 0 atom stereocenters. The number of rotatable bonds is 7. The fourth-order valence-corrected chi connectivity index (χ4v) is 5.05. The van der Waals surface area contributed by atoms with Gasteiger partial charge >= 0.3 is 5.97 Å². The van der Waals surface area contributed by atoms with Gasteiger partial charge in [-0.15, -0.1) is 0 Å². The zero-order valence-corrected chi connectivity index (χ0v) is 18.5. The number of ether oxygens (including phenoxy) is 2. The molecule has 162 valence electrons. The summed E-state index contributed by atoms with van der Waals surface area (Å²) in [7, 11) is -3.75. The maximum Gasteiger partial charge on any atom is 0.338 e. The highest BCUT2D eigenvalue weighted by molar-refractivity contribution is 7.89. The highest BCUT2D eigenvalue weighted by atomic mass is 32.2. The number of sulfonamides is 1. The van der Waals surface area contributed by atoms with E-state index in [4.69, 9.17) is 9.47 Å². The lowest BCUT2D eigenvalue weighted by Crippen LogP contribution is -2.44. The lowest BCUT2D eigenvalue weighted by molar-refractivity contribution is -0.138. The number of esters is 1. The first kappa shape index (κ1) is 23.3. The maximum absolute atomic E-state index is 12.9. The summed E-state index contributed by atoms with van der Waals surface area (Å²) >= 11 is 0. The number of aryl methyl sites for hydroxylation is 1. The number of hydrogen-bond donors (Lipinski definition) is 0. The standard InChI is InChI=1S/C20H30N2O6S/c1-14(2)22(15(3)4)19(23)13-28-20(24)17-7-6-16(5)18(12-17)29(25,26)21-8-10-27-11-9-21/h6-7,12,14-15H,8-11,13H2,1-5H3. The van der Waals surface area contributed by atoms with Gasteiger partial charge in [-0.05, 0) is 52.3 Å². The van der Waals surface area contributed by atoms with Crippen LogP contribution in [0.2, 0.25) is 0 Å². The molecule has 1 heterocycles. The average Bonchev–Trinajstić information content (AvgIpc) is 2.66. The van der Waals surface area contributed by atoms with Crippen LogP contribution in [0.15, 0.2) is 23.1 Å². The molecule has 1 fully saturated rings. The Morgan fingerprint density at radius 2 is 1.72 bits per heavy atom. The highest BCUT2D eigenvalue weighted by Gasteiger charge is 2.29. The van der Waals surface area contributed by atoms with E-state index in [1.54, 1.807) is 17.9 Å². The van der Waals surface area contributed by atoms with Crippen LogP contribution in [0, 0.1) is 6.92 Å². The summed E-state index contributed by atoms with van der Waals surface area (Å²) in [4.78, 5) is 26.5.